The lowest BCUT2D eigenvalue weighted by Crippen LogP contribution is -2.61. The van der Waals surface area contributed by atoms with Crippen molar-refractivity contribution in [3.8, 4) is 11.5 Å². The van der Waals surface area contributed by atoms with Crippen molar-refractivity contribution in [2.24, 2.45) is 28.7 Å². The smallest absolute Gasteiger partial charge is 0.327 e. The number of carbonyl (C=O) groups is 20. The van der Waals surface area contributed by atoms with Gasteiger partial charge in [-0.2, -0.15) is 12.6 Å². The third-order valence-corrected chi connectivity index (χ3v) is 23.2. The Labute approximate surface area is 797 Å². The van der Waals surface area contributed by atoms with E-state index in [1.165, 1.54) is 72.9 Å². The second-order valence-corrected chi connectivity index (χ2v) is 33.7. The van der Waals surface area contributed by atoms with E-state index in [0.717, 1.165) is 9.80 Å². The van der Waals surface area contributed by atoms with Crippen LogP contribution in [0.25, 0.3) is 0 Å². The zero-order valence-corrected chi connectivity index (χ0v) is 77.0. The van der Waals surface area contributed by atoms with Crippen LogP contribution in [0.15, 0.2) is 61.1 Å². The van der Waals surface area contributed by atoms with Crippen LogP contribution in [0.3, 0.4) is 0 Å². The molecule has 16 unspecified atom stereocenters. The van der Waals surface area contributed by atoms with Crippen LogP contribution in [0.2, 0.25) is 0 Å². The summed E-state index contributed by atoms with van der Waals surface area (Å²) in [6, 6.07) is -15.5. The molecule has 3 aromatic rings. The van der Waals surface area contributed by atoms with E-state index in [0.29, 0.717) is 24.0 Å². The number of phenols is 2. The number of carbonyl (C=O) groups excluding carboxylic acids is 18. The highest BCUT2D eigenvalue weighted by Crippen LogP contribution is 2.25. The van der Waals surface area contributed by atoms with E-state index in [2.05, 4.69) is 97.0 Å². The third-order valence-electron chi connectivity index (χ3n) is 22.9. The molecule has 4 heterocycles. The number of amides is 18. The Balaban J connectivity index is 1.17. The number of nitrogens with zero attached hydrogens (tertiary/aromatic N) is 4. The Hall–Kier alpha value is -13.9. The summed E-state index contributed by atoms with van der Waals surface area (Å²) in [4.78, 5) is 287. The van der Waals surface area contributed by atoms with Crippen molar-refractivity contribution in [2.75, 3.05) is 64.8 Å². The van der Waals surface area contributed by atoms with Crippen molar-refractivity contribution in [2.45, 2.75) is 245 Å². The molecule has 3 aliphatic rings. The molecule has 2 aromatic carbocycles. The fourth-order valence-corrected chi connectivity index (χ4v) is 15.7. The summed E-state index contributed by atoms with van der Waals surface area (Å²) in [6.45, 7) is -2.16. The average molecular weight is 1960 g/mol. The number of imidazole rings is 1. The number of aliphatic carboxylic acids is 2. The molecule has 0 bridgehead atoms. The first-order valence-corrected chi connectivity index (χ1v) is 45.6. The molecule has 138 heavy (non-hydrogen) atoms. The molecule has 760 valence electrons. The predicted octanol–water partition coefficient (Wildman–Crippen LogP) is -10.3. The minimum absolute atomic E-state index is 0.00764. The number of aliphatic hydroxyl groups is 3. The highest BCUT2D eigenvalue weighted by atomic mass is 32.1. The number of phenolic OH excluding ortho intramolecular Hbond substituents is 2. The SMILES string of the molecule is CC(=O)N1CCCC1C(=O)NC(Cc1ccc(O)cc1)C(=O)NC(CC(N)=O)C(=O)NC(CO)C(=O)NC(CO)C(=O)N1CCCC1C(=O)NC(CCCNC(=N)N)C(=O)N1CCCC1C(=O)NC(CCC(=O)O)C(=O)NC(CCC(N)=O)C(=O)NC(Cc1cnc[nH]1)C(=O)NC(CCCCN)C(=O)NC(CO)C(=O)NC(Cc1ccc(O)cc1)C(=O)NC(CCCCN)C(=O)NC(CS)C(=O)O. The number of hydrogen-bond donors (Lipinski definition) is 29. The van der Waals surface area contributed by atoms with Gasteiger partial charge in [-0.3, -0.25) is 96.5 Å². The Kier molecular flexibility index (Phi) is 46.7. The van der Waals surface area contributed by atoms with Crippen LogP contribution in [-0.4, -0.2) is 346 Å². The standard InChI is InChI=1S/C85H127N25O27S/c1-44(114)108-31-7-13-63(108)79(131)103-56(35-46-18-22-49(116)23-19-46)74(126)102-58(37-67(89)118)76(128)105-60(40-112)78(130)106-61(41-113)83(135)110-33-9-15-65(110)81(133)99-54(12-6-30-93-85(90)91)82(134)109-32-8-14-64(109)80(132)98-53(25-27-68(119)120)71(123)97-52(24-26-66(88)117)72(124)101-57(36-47-38-92-43-94-47)75(127)96-50(10-2-4-28-86)69(121)104-59(39-111)77(129)100-55(34-45-16-20-48(115)21-17-45)73(125)95-51(11-3-5-29-87)70(122)107-62(42-138)84(136)137/h16-23,38,43,50-65,111-113,115-116,138H,2-15,24-37,39-42,86-87H2,1H3,(H2,88,117)(H2,89,118)(H,92,94)(H,95,125)(H,96,127)(H,97,123)(H,98,132)(H,99,133)(H,100,129)(H,101,124)(H,102,126)(H,103,131)(H,104,121)(H,105,128)(H,106,130)(H,107,122)(H,119,120)(H,136,137)(H4,90,91,93). The summed E-state index contributed by atoms with van der Waals surface area (Å²) in [7, 11) is 0. The van der Waals surface area contributed by atoms with Gasteiger partial charge in [0, 0.05) is 82.9 Å². The van der Waals surface area contributed by atoms with Crippen LogP contribution in [0, 0.1) is 5.41 Å². The number of nitrogens with one attached hydrogen (secondary N) is 16. The van der Waals surface area contributed by atoms with E-state index in [4.69, 9.17) is 34.1 Å². The number of carboxylic acid groups (broad SMARTS) is 2. The van der Waals surface area contributed by atoms with Gasteiger partial charge in [0.25, 0.3) is 0 Å². The van der Waals surface area contributed by atoms with Crippen molar-refractivity contribution < 1.29 is 132 Å². The third kappa shape index (κ3) is 36.3. The van der Waals surface area contributed by atoms with E-state index in [9.17, 15) is 127 Å². The molecule has 0 radical (unpaired) electrons. The van der Waals surface area contributed by atoms with Gasteiger partial charge in [0.05, 0.1) is 32.6 Å². The summed E-state index contributed by atoms with van der Waals surface area (Å²) < 4.78 is 0. The molecule has 3 fully saturated rings. The van der Waals surface area contributed by atoms with E-state index in [1.54, 1.807) is 0 Å². The number of hydrogen-bond acceptors (Lipinski definition) is 30. The number of H-pyrrole nitrogens is 1. The van der Waals surface area contributed by atoms with Gasteiger partial charge in [-0.25, -0.2) is 9.78 Å². The number of aromatic nitrogens is 2. The molecule has 0 saturated carbocycles. The molecule has 6 rings (SSSR count). The normalized spacial score (nSPS) is 17.2. The first-order chi connectivity index (χ1) is 65.6. The van der Waals surface area contributed by atoms with Crippen LogP contribution in [0.4, 0.5) is 0 Å². The lowest BCUT2D eigenvalue weighted by atomic mass is 10.0. The number of aromatic hydroxyl groups is 2. The second-order valence-electron chi connectivity index (χ2n) is 33.3. The van der Waals surface area contributed by atoms with Crippen LogP contribution in [-0.2, 0) is 115 Å². The molecule has 52 nitrogen and oxygen atoms in total. The summed E-state index contributed by atoms with van der Waals surface area (Å²) >= 11 is 3.99. The fraction of sp³-hybridized carbons (Fsp3) is 0.576. The zero-order chi connectivity index (χ0) is 102. The number of primary amides is 2. The van der Waals surface area contributed by atoms with Gasteiger partial charge in [0.15, 0.2) is 5.96 Å². The van der Waals surface area contributed by atoms with Crippen LogP contribution < -0.4 is 103 Å². The van der Waals surface area contributed by atoms with Crippen molar-refractivity contribution in [3.63, 3.8) is 0 Å². The van der Waals surface area contributed by atoms with Gasteiger partial charge in [-0.1, -0.05) is 24.3 Å². The van der Waals surface area contributed by atoms with Crippen LogP contribution in [0.1, 0.15) is 146 Å². The first-order valence-electron chi connectivity index (χ1n) is 44.9. The molecular formula is C85H127N25O27S. The number of aliphatic hydroxyl groups excluding tert-OH is 3. The molecular weight excluding hydrogens is 1840 g/mol. The molecule has 3 aliphatic heterocycles. The number of nitrogens with two attached hydrogens (primary N) is 5. The summed E-state index contributed by atoms with van der Waals surface area (Å²) in [5.41, 5.74) is 29.0. The van der Waals surface area contributed by atoms with E-state index >= 15 is 4.79 Å². The Bertz CT molecular complexity index is 4730. The van der Waals surface area contributed by atoms with Gasteiger partial charge in [-0.05, 0) is 151 Å². The minimum Gasteiger partial charge on any atom is -0.508 e. The molecule has 16 atom stereocenters. The minimum atomic E-state index is -2.00. The Morgan fingerprint density at radius 3 is 1.18 bits per heavy atom. The number of guanidine groups is 1. The Morgan fingerprint density at radius 1 is 0.428 bits per heavy atom. The van der Waals surface area contributed by atoms with Gasteiger partial charge in [-0.15, -0.1) is 0 Å². The van der Waals surface area contributed by atoms with E-state index in [-0.39, 0.29) is 152 Å². The lowest BCUT2D eigenvalue weighted by Gasteiger charge is -2.32. The van der Waals surface area contributed by atoms with Gasteiger partial charge < -0.3 is 159 Å². The fourth-order valence-electron chi connectivity index (χ4n) is 15.5. The van der Waals surface area contributed by atoms with Gasteiger partial charge >= 0.3 is 11.9 Å². The maximum Gasteiger partial charge on any atom is 0.327 e. The summed E-state index contributed by atoms with van der Waals surface area (Å²) in [5, 5.41) is 113. The summed E-state index contributed by atoms with van der Waals surface area (Å²) in [6.07, 6.45) is -1.06. The largest absolute Gasteiger partial charge is 0.508 e. The lowest BCUT2D eigenvalue weighted by molar-refractivity contribution is -0.145. The molecule has 53 heteroatoms. The number of benzene rings is 2. The highest BCUT2D eigenvalue weighted by Gasteiger charge is 2.45. The maximum atomic E-state index is 15.0. The van der Waals surface area contributed by atoms with Crippen LogP contribution in [0.5, 0.6) is 11.5 Å². The number of thiol groups is 1. The monoisotopic (exact) mass is 1960 g/mol. The zero-order valence-electron chi connectivity index (χ0n) is 76.1. The van der Waals surface area contributed by atoms with Crippen molar-refractivity contribution >= 4 is 137 Å². The number of carboxylic acids is 2. The molecule has 0 aliphatic carbocycles. The Morgan fingerprint density at radius 2 is 0.775 bits per heavy atom. The molecule has 33 N–H and O–H groups in total. The predicted molar refractivity (Wildman–Crippen MR) is 488 cm³/mol. The van der Waals surface area contributed by atoms with Gasteiger partial charge in [0.1, 0.15) is 108 Å². The molecule has 3 saturated heterocycles. The quantitative estimate of drug-likeness (QED) is 0.0108. The van der Waals surface area contributed by atoms with Crippen molar-refractivity contribution in [1.29, 1.82) is 5.41 Å². The summed E-state index contributed by atoms with van der Waals surface area (Å²) in [5.74, 6) is -22.8. The molecule has 18 amide bonds. The molecule has 1 aromatic heterocycles. The first kappa shape index (κ1) is 113. The van der Waals surface area contributed by atoms with E-state index in [1.807, 2.05) is 0 Å². The number of likely N-dealkylation sites (tertiary alicyclic amines) is 3. The number of aromatic amines is 1. The second kappa shape index (κ2) is 57.2. The number of unbranched alkanes of at least 4 members (excludes halogenated alkanes) is 2. The number of rotatable bonds is 59. The van der Waals surface area contributed by atoms with E-state index < -0.39 is 279 Å². The van der Waals surface area contributed by atoms with Crippen molar-refractivity contribution in [3.05, 3.63) is 77.9 Å². The van der Waals surface area contributed by atoms with Crippen LogP contribution >= 0.6 is 12.6 Å². The van der Waals surface area contributed by atoms with Gasteiger partial charge in [0.2, 0.25) is 106 Å². The average Bonchev–Trinajstić information content (AvgIpc) is 1.65. The maximum absolute atomic E-state index is 15.0. The van der Waals surface area contributed by atoms with Crippen molar-refractivity contribution in [1.82, 2.24) is 99.1 Å². The molecule has 0 spiro atoms. The highest BCUT2D eigenvalue weighted by molar-refractivity contribution is 7.80. The topological polar surface area (TPSA) is 844 Å².